The smallest absolute Gasteiger partial charge is 0.303 e. The first-order valence-electron chi connectivity index (χ1n) is 7.32. The number of halogens is 1. The summed E-state index contributed by atoms with van der Waals surface area (Å²) in [6.45, 7) is 0.285. The van der Waals surface area contributed by atoms with Crippen molar-refractivity contribution in [2.75, 3.05) is 0 Å². The number of carbonyl (C=O) groups excluding carboxylic acids is 1. The van der Waals surface area contributed by atoms with Crippen molar-refractivity contribution >= 4 is 11.9 Å². The van der Waals surface area contributed by atoms with E-state index in [1.807, 2.05) is 30.3 Å². The summed E-state index contributed by atoms with van der Waals surface area (Å²) in [5.74, 6) is -1.87. The number of carbonyl (C=O) groups is 2. The molecule has 2 aromatic carbocycles. The van der Waals surface area contributed by atoms with Gasteiger partial charge in [0.1, 0.15) is 5.82 Å². The fraction of sp³-hybridized carbons (Fsp3) is 0.222. The molecule has 1 atom stereocenters. The molecule has 0 aromatic heterocycles. The van der Waals surface area contributed by atoms with E-state index in [0.29, 0.717) is 0 Å². The molecule has 0 unspecified atom stereocenters. The molecule has 0 spiro atoms. The summed E-state index contributed by atoms with van der Waals surface area (Å²) in [6.07, 6.45) is -0.00844. The SMILES string of the molecule is O=C(O)C[C@@H](CC(=O)NCc1ccc(F)cc1)c1ccccc1. The van der Waals surface area contributed by atoms with Crippen LogP contribution in [0, 0.1) is 5.82 Å². The highest BCUT2D eigenvalue weighted by atomic mass is 19.1. The van der Waals surface area contributed by atoms with Crippen molar-refractivity contribution in [3.05, 3.63) is 71.5 Å². The van der Waals surface area contributed by atoms with Crippen molar-refractivity contribution in [2.24, 2.45) is 0 Å². The van der Waals surface area contributed by atoms with Gasteiger partial charge in [0.15, 0.2) is 0 Å². The van der Waals surface area contributed by atoms with Crippen molar-refractivity contribution in [1.29, 1.82) is 0 Å². The van der Waals surface area contributed by atoms with Gasteiger partial charge in [-0.15, -0.1) is 0 Å². The van der Waals surface area contributed by atoms with Crippen LogP contribution in [0.2, 0.25) is 0 Å². The lowest BCUT2D eigenvalue weighted by atomic mass is 9.92. The topological polar surface area (TPSA) is 66.4 Å². The summed E-state index contributed by atoms with van der Waals surface area (Å²) in [5, 5.41) is 11.8. The number of hydrogen-bond donors (Lipinski definition) is 2. The van der Waals surface area contributed by atoms with E-state index in [1.165, 1.54) is 12.1 Å². The largest absolute Gasteiger partial charge is 0.481 e. The second-order valence-corrected chi connectivity index (χ2v) is 5.31. The van der Waals surface area contributed by atoms with Crippen molar-refractivity contribution in [1.82, 2.24) is 5.32 Å². The summed E-state index contributed by atoms with van der Waals surface area (Å²) >= 11 is 0. The predicted molar refractivity (Wildman–Crippen MR) is 84.3 cm³/mol. The molecule has 0 fully saturated rings. The molecule has 2 rings (SSSR count). The zero-order valence-electron chi connectivity index (χ0n) is 12.5. The molecule has 120 valence electrons. The number of carboxylic acid groups (broad SMARTS) is 1. The average Bonchev–Trinajstić information content (AvgIpc) is 2.54. The highest BCUT2D eigenvalue weighted by Crippen LogP contribution is 2.23. The number of nitrogens with one attached hydrogen (secondary N) is 1. The van der Waals surface area contributed by atoms with Crippen LogP contribution in [0.4, 0.5) is 4.39 Å². The van der Waals surface area contributed by atoms with Crippen molar-refractivity contribution in [2.45, 2.75) is 25.3 Å². The minimum atomic E-state index is -0.940. The second-order valence-electron chi connectivity index (χ2n) is 5.31. The van der Waals surface area contributed by atoms with Gasteiger partial charge in [-0.25, -0.2) is 4.39 Å². The van der Waals surface area contributed by atoms with Gasteiger partial charge in [0.25, 0.3) is 0 Å². The summed E-state index contributed by atoms with van der Waals surface area (Å²) in [5.41, 5.74) is 1.61. The molecule has 0 heterocycles. The normalized spacial score (nSPS) is 11.7. The third-order valence-electron chi connectivity index (χ3n) is 3.53. The first kappa shape index (κ1) is 16.7. The summed E-state index contributed by atoms with van der Waals surface area (Å²) < 4.78 is 12.8. The summed E-state index contributed by atoms with van der Waals surface area (Å²) in [7, 11) is 0. The molecule has 0 radical (unpaired) electrons. The van der Waals surface area contributed by atoms with Gasteiger partial charge in [-0.1, -0.05) is 42.5 Å². The molecule has 2 N–H and O–H groups in total. The molecule has 0 saturated carbocycles. The Morgan fingerprint density at radius 3 is 2.26 bits per heavy atom. The quantitative estimate of drug-likeness (QED) is 0.825. The van der Waals surface area contributed by atoms with Crippen LogP contribution < -0.4 is 5.32 Å². The Balaban J connectivity index is 1.94. The minimum absolute atomic E-state index is 0.0948. The Morgan fingerprint density at radius 1 is 1.00 bits per heavy atom. The van der Waals surface area contributed by atoms with Crippen LogP contribution >= 0.6 is 0 Å². The van der Waals surface area contributed by atoms with Crippen molar-refractivity contribution in [3.8, 4) is 0 Å². The molecular weight excluding hydrogens is 297 g/mol. The zero-order valence-corrected chi connectivity index (χ0v) is 12.5. The number of amides is 1. The first-order chi connectivity index (χ1) is 11.0. The lowest BCUT2D eigenvalue weighted by Gasteiger charge is -2.15. The van der Waals surface area contributed by atoms with Gasteiger partial charge in [0, 0.05) is 18.9 Å². The van der Waals surface area contributed by atoms with Crippen LogP contribution in [0.5, 0.6) is 0 Å². The minimum Gasteiger partial charge on any atom is -0.481 e. The maximum absolute atomic E-state index is 12.8. The van der Waals surface area contributed by atoms with Gasteiger partial charge < -0.3 is 10.4 Å². The molecule has 0 saturated heterocycles. The van der Waals surface area contributed by atoms with Gasteiger partial charge in [-0.05, 0) is 23.3 Å². The van der Waals surface area contributed by atoms with Crippen LogP contribution in [0.25, 0.3) is 0 Å². The maximum Gasteiger partial charge on any atom is 0.303 e. The Kier molecular flexibility index (Phi) is 5.86. The number of hydrogen-bond acceptors (Lipinski definition) is 2. The number of benzene rings is 2. The number of rotatable bonds is 7. The number of aliphatic carboxylic acids is 1. The lowest BCUT2D eigenvalue weighted by Crippen LogP contribution is -2.25. The van der Waals surface area contributed by atoms with E-state index < -0.39 is 5.97 Å². The highest BCUT2D eigenvalue weighted by molar-refractivity contribution is 5.78. The van der Waals surface area contributed by atoms with E-state index in [4.69, 9.17) is 5.11 Å². The highest BCUT2D eigenvalue weighted by Gasteiger charge is 2.19. The average molecular weight is 315 g/mol. The zero-order chi connectivity index (χ0) is 16.7. The molecule has 0 aliphatic heterocycles. The maximum atomic E-state index is 12.8. The fourth-order valence-corrected chi connectivity index (χ4v) is 2.34. The van der Waals surface area contributed by atoms with Crippen LogP contribution in [-0.2, 0) is 16.1 Å². The third-order valence-corrected chi connectivity index (χ3v) is 3.53. The van der Waals surface area contributed by atoms with Gasteiger partial charge in [-0.2, -0.15) is 0 Å². The van der Waals surface area contributed by atoms with Crippen LogP contribution in [-0.4, -0.2) is 17.0 Å². The Hall–Kier alpha value is -2.69. The van der Waals surface area contributed by atoms with Gasteiger partial charge >= 0.3 is 5.97 Å². The van der Waals surface area contributed by atoms with Gasteiger partial charge in [0.05, 0.1) is 6.42 Å². The molecule has 23 heavy (non-hydrogen) atoms. The summed E-state index contributed by atoms with van der Waals surface area (Å²) in [4.78, 5) is 23.1. The van der Waals surface area contributed by atoms with Gasteiger partial charge in [-0.3, -0.25) is 9.59 Å². The van der Waals surface area contributed by atoms with Crippen LogP contribution in [0.15, 0.2) is 54.6 Å². The Morgan fingerprint density at radius 2 is 1.65 bits per heavy atom. The van der Waals surface area contributed by atoms with Crippen molar-refractivity contribution in [3.63, 3.8) is 0 Å². The molecule has 2 aromatic rings. The summed E-state index contributed by atoms with van der Waals surface area (Å²) in [6, 6.07) is 15.0. The molecule has 5 heteroatoms. The van der Waals surface area contributed by atoms with Crippen molar-refractivity contribution < 1.29 is 19.1 Å². The molecule has 0 bridgehead atoms. The van der Waals surface area contributed by atoms with E-state index in [0.717, 1.165) is 11.1 Å². The standard InChI is InChI=1S/C18H18FNO3/c19-16-8-6-13(7-9-16)12-20-17(21)10-15(11-18(22)23)14-4-2-1-3-5-14/h1-9,15H,10-12H2,(H,20,21)(H,22,23)/t15-/m1/s1. The van der Waals surface area contributed by atoms with Gasteiger partial charge in [0.2, 0.25) is 5.91 Å². The molecule has 0 aliphatic carbocycles. The Bertz CT molecular complexity index is 656. The third kappa shape index (κ3) is 5.54. The van der Waals surface area contributed by atoms with E-state index in [-0.39, 0.29) is 37.0 Å². The Labute approximate surface area is 134 Å². The lowest BCUT2D eigenvalue weighted by molar-refractivity contribution is -0.137. The fourth-order valence-electron chi connectivity index (χ4n) is 2.34. The molecule has 4 nitrogen and oxygen atoms in total. The first-order valence-corrected chi connectivity index (χ1v) is 7.32. The van der Waals surface area contributed by atoms with E-state index in [9.17, 15) is 14.0 Å². The van der Waals surface area contributed by atoms with E-state index >= 15 is 0 Å². The second kappa shape index (κ2) is 8.08. The van der Waals surface area contributed by atoms with E-state index in [2.05, 4.69) is 5.32 Å². The van der Waals surface area contributed by atoms with E-state index in [1.54, 1.807) is 12.1 Å². The predicted octanol–water partition coefficient (Wildman–Crippen LogP) is 3.09. The monoisotopic (exact) mass is 315 g/mol. The van der Waals surface area contributed by atoms with Crippen LogP contribution in [0.3, 0.4) is 0 Å². The molecule has 1 amide bonds. The molecule has 0 aliphatic rings. The number of carboxylic acids is 1. The van der Waals surface area contributed by atoms with Crippen LogP contribution in [0.1, 0.15) is 29.9 Å². The molecular formula is C18H18FNO3.